The molecule has 2 aliphatic heterocycles. The summed E-state index contributed by atoms with van der Waals surface area (Å²) in [7, 11) is 0. The topological polar surface area (TPSA) is 53.5 Å². The first kappa shape index (κ1) is 16.9. The van der Waals surface area contributed by atoms with Gasteiger partial charge in [-0.25, -0.2) is 0 Å². The minimum atomic E-state index is -0.322. The van der Waals surface area contributed by atoms with Crippen molar-refractivity contribution in [2.75, 3.05) is 22.9 Å². The summed E-state index contributed by atoms with van der Waals surface area (Å²) in [6.07, 6.45) is 3.94. The number of benzene rings is 2. The summed E-state index contributed by atoms with van der Waals surface area (Å²) in [6, 6.07) is 17.8. The summed E-state index contributed by atoms with van der Waals surface area (Å²) < 4.78 is 0. The van der Waals surface area contributed by atoms with Crippen LogP contribution in [0.3, 0.4) is 0 Å². The standard InChI is InChI=1S/C23H21N3O2/c27-21-14-18(23(28)25-13-5-9-16-6-1-2-10-19(16)25)15-26(21)20-11-3-7-17-8-4-12-24-22(17)20/h1-4,6-8,10-12,18H,5,9,13-15H2. The maximum atomic E-state index is 13.3. The van der Waals surface area contributed by atoms with Gasteiger partial charge in [0.05, 0.1) is 17.1 Å². The van der Waals surface area contributed by atoms with Gasteiger partial charge in [-0.1, -0.05) is 36.4 Å². The molecule has 5 rings (SSSR count). The molecule has 2 amide bonds. The van der Waals surface area contributed by atoms with Crippen LogP contribution in [0.2, 0.25) is 0 Å². The number of aromatic nitrogens is 1. The highest BCUT2D eigenvalue weighted by molar-refractivity contribution is 6.08. The number of hydrogen-bond donors (Lipinski definition) is 0. The quantitative estimate of drug-likeness (QED) is 0.692. The van der Waals surface area contributed by atoms with E-state index in [1.54, 1.807) is 11.1 Å². The molecule has 1 fully saturated rings. The van der Waals surface area contributed by atoms with E-state index in [0.717, 1.165) is 41.7 Å². The van der Waals surface area contributed by atoms with E-state index in [4.69, 9.17) is 0 Å². The van der Waals surface area contributed by atoms with E-state index in [1.807, 2.05) is 53.4 Å². The van der Waals surface area contributed by atoms with Gasteiger partial charge in [0.1, 0.15) is 0 Å². The number of aryl methyl sites for hydroxylation is 1. The van der Waals surface area contributed by atoms with Crippen LogP contribution in [0.25, 0.3) is 10.9 Å². The largest absolute Gasteiger partial charge is 0.312 e. The molecule has 0 bridgehead atoms. The number of carbonyl (C=O) groups excluding carboxylic acids is 2. The van der Waals surface area contributed by atoms with Crippen molar-refractivity contribution in [1.82, 2.24) is 4.98 Å². The van der Waals surface area contributed by atoms with E-state index in [-0.39, 0.29) is 24.2 Å². The van der Waals surface area contributed by atoms with Crippen LogP contribution in [0.4, 0.5) is 11.4 Å². The molecular formula is C23H21N3O2. The fourth-order valence-electron chi connectivity index (χ4n) is 4.39. The highest BCUT2D eigenvalue weighted by atomic mass is 16.2. The fourth-order valence-corrected chi connectivity index (χ4v) is 4.39. The molecule has 3 aromatic rings. The molecule has 2 aromatic carbocycles. The molecule has 5 nitrogen and oxygen atoms in total. The summed E-state index contributed by atoms with van der Waals surface area (Å²) in [5, 5.41) is 0.993. The molecular weight excluding hydrogens is 350 g/mol. The van der Waals surface area contributed by atoms with Gasteiger partial charge in [0, 0.05) is 36.8 Å². The predicted molar refractivity (Wildman–Crippen MR) is 109 cm³/mol. The normalized spacial score (nSPS) is 19.1. The van der Waals surface area contributed by atoms with Gasteiger partial charge in [-0.15, -0.1) is 0 Å². The van der Waals surface area contributed by atoms with Crippen LogP contribution < -0.4 is 9.80 Å². The average Bonchev–Trinajstić information content (AvgIpc) is 3.14. The molecule has 1 unspecified atom stereocenters. The first-order chi connectivity index (χ1) is 13.7. The number of anilines is 2. The second-order valence-electron chi connectivity index (χ2n) is 7.48. The highest BCUT2D eigenvalue weighted by Gasteiger charge is 2.39. The zero-order valence-corrected chi connectivity index (χ0v) is 15.5. The Balaban J connectivity index is 1.44. The zero-order chi connectivity index (χ0) is 19.1. The number of nitrogens with zero attached hydrogens (tertiary/aromatic N) is 3. The third kappa shape index (κ3) is 2.74. The zero-order valence-electron chi connectivity index (χ0n) is 15.5. The number of carbonyl (C=O) groups is 2. The summed E-state index contributed by atoms with van der Waals surface area (Å²) >= 11 is 0. The van der Waals surface area contributed by atoms with Gasteiger partial charge >= 0.3 is 0 Å². The molecule has 140 valence electrons. The van der Waals surface area contributed by atoms with Crippen molar-refractivity contribution in [1.29, 1.82) is 0 Å². The van der Waals surface area contributed by atoms with Crippen LogP contribution >= 0.6 is 0 Å². The van der Waals surface area contributed by atoms with Crippen molar-refractivity contribution >= 4 is 34.1 Å². The first-order valence-corrected chi connectivity index (χ1v) is 9.76. The van der Waals surface area contributed by atoms with Crippen LogP contribution in [0.15, 0.2) is 60.8 Å². The lowest BCUT2D eigenvalue weighted by atomic mass is 9.99. The minimum Gasteiger partial charge on any atom is -0.312 e. The lowest BCUT2D eigenvalue weighted by molar-refractivity contribution is -0.124. The Morgan fingerprint density at radius 1 is 1.00 bits per heavy atom. The second-order valence-corrected chi connectivity index (χ2v) is 7.48. The van der Waals surface area contributed by atoms with Crippen molar-refractivity contribution in [2.45, 2.75) is 19.3 Å². The summed E-state index contributed by atoms with van der Waals surface area (Å²) in [6.45, 7) is 1.13. The van der Waals surface area contributed by atoms with Gasteiger partial charge in [0.25, 0.3) is 0 Å². The Hall–Kier alpha value is -3.21. The Bertz CT molecular complexity index is 1070. The Morgan fingerprint density at radius 3 is 2.75 bits per heavy atom. The second kappa shape index (κ2) is 6.75. The van der Waals surface area contributed by atoms with Crippen LogP contribution in [0.5, 0.6) is 0 Å². The van der Waals surface area contributed by atoms with Crippen LogP contribution in [0, 0.1) is 5.92 Å². The average molecular weight is 371 g/mol. The maximum absolute atomic E-state index is 13.3. The number of fused-ring (bicyclic) bond motifs is 2. The number of hydrogen-bond acceptors (Lipinski definition) is 3. The van der Waals surface area contributed by atoms with Gasteiger partial charge in [0.15, 0.2) is 0 Å². The number of pyridine rings is 1. The molecule has 0 N–H and O–H groups in total. The van der Waals surface area contributed by atoms with E-state index in [0.29, 0.717) is 6.54 Å². The fraction of sp³-hybridized carbons (Fsp3) is 0.261. The smallest absolute Gasteiger partial charge is 0.232 e. The Kier molecular flexibility index (Phi) is 4.08. The molecule has 1 aromatic heterocycles. The van der Waals surface area contributed by atoms with Gasteiger partial charge in [-0.3, -0.25) is 14.6 Å². The third-order valence-corrected chi connectivity index (χ3v) is 5.75. The van der Waals surface area contributed by atoms with Gasteiger partial charge < -0.3 is 9.80 Å². The molecule has 0 saturated carbocycles. The summed E-state index contributed by atoms with van der Waals surface area (Å²) in [5.41, 5.74) is 3.80. The van der Waals surface area contributed by atoms with Crippen molar-refractivity contribution in [3.05, 3.63) is 66.4 Å². The van der Waals surface area contributed by atoms with Crippen LogP contribution in [-0.2, 0) is 16.0 Å². The number of para-hydroxylation sites is 2. The highest BCUT2D eigenvalue weighted by Crippen LogP contribution is 2.33. The van der Waals surface area contributed by atoms with Crippen LogP contribution in [0.1, 0.15) is 18.4 Å². The van der Waals surface area contributed by atoms with E-state index in [2.05, 4.69) is 11.1 Å². The van der Waals surface area contributed by atoms with E-state index < -0.39 is 0 Å². The van der Waals surface area contributed by atoms with Crippen molar-refractivity contribution < 1.29 is 9.59 Å². The molecule has 28 heavy (non-hydrogen) atoms. The van der Waals surface area contributed by atoms with Gasteiger partial charge in [-0.05, 0) is 36.6 Å². The molecule has 5 heteroatoms. The van der Waals surface area contributed by atoms with Gasteiger partial charge in [0.2, 0.25) is 11.8 Å². The SMILES string of the molecule is O=C(C1CC(=O)N(c2cccc3cccnc23)C1)N1CCCc2ccccc21. The van der Waals surface area contributed by atoms with E-state index in [9.17, 15) is 9.59 Å². The van der Waals surface area contributed by atoms with E-state index >= 15 is 0 Å². The Morgan fingerprint density at radius 2 is 1.82 bits per heavy atom. The number of amides is 2. The van der Waals surface area contributed by atoms with Gasteiger partial charge in [-0.2, -0.15) is 0 Å². The molecule has 3 heterocycles. The lowest BCUT2D eigenvalue weighted by Gasteiger charge is -2.31. The summed E-state index contributed by atoms with van der Waals surface area (Å²) in [4.78, 5) is 34.1. The molecule has 0 aliphatic carbocycles. The van der Waals surface area contributed by atoms with E-state index in [1.165, 1.54) is 5.56 Å². The summed E-state index contributed by atoms with van der Waals surface area (Å²) in [5.74, 6) is -0.282. The predicted octanol–water partition coefficient (Wildman–Crippen LogP) is 3.57. The molecule has 0 spiro atoms. The molecule has 2 aliphatic rings. The number of rotatable bonds is 2. The molecule has 1 saturated heterocycles. The van der Waals surface area contributed by atoms with Crippen molar-refractivity contribution in [2.24, 2.45) is 5.92 Å². The Labute approximate surface area is 163 Å². The third-order valence-electron chi connectivity index (χ3n) is 5.75. The van der Waals surface area contributed by atoms with Crippen molar-refractivity contribution in [3.8, 4) is 0 Å². The maximum Gasteiger partial charge on any atom is 0.232 e. The minimum absolute atomic E-state index is 0.0122. The van der Waals surface area contributed by atoms with Crippen LogP contribution in [-0.4, -0.2) is 29.9 Å². The van der Waals surface area contributed by atoms with Crippen molar-refractivity contribution in [3.63, 3.8) is 0 Å². The lowest BCUT2D eigenvalue weighted by Crippen LogP contribution is -2.40. The molecule has 0 radical (unpaired) electrons. The monoisotopic (exact) mass is 371 g/mol. The first-order valence-electron chi connectivity index (χ1n) is 9.76. The molecule has 1 atom stereocenters.